The molecule has 1 aromatic rings. The molecule has 0 saturated carbocycles. The molecule has 5 nitrogen and oxygen atoms in total. The van der Waals surface area contributed by atoms with Crippen molar-refractivity contribution in [2.45, 2.75) is 19.3 Å². The van der Waals surface area contributed by atoms with Gasteiger partial charge in [-0.15, -0.1) is 0 Å². The zero-order valence-corrected chi connectivity index (χ0v) is 13.1. The maximum absolute atomic E-state index is 12.9. The smallest absolute Gasteiger partial charge is 0.293 e. The van der Waals surface area contributed by atoms with Gasteiger partial charge in [-0.05, 0) is 12.1 Å². The van der Waals surface area contributed by atoms with E-state index in [4.69, 9.17) is 0 Å². The van der Waals surface area contributed by atoms with Gasteiger partial charge in [0.1, 0.15) is 3.57 Å². The lowest BCUT2D eigenvalue weighted by molar-refractivity contribution is -0.143. The molecule has 0 unspecified atom stereocenters. The summed E-state index contributed by atoms with van der Waals surface area (Å²) in [6.07, 6.45) is -10.7. The van der Waals surface area contributed by atoms with Crippen molar-refractivity contribution in [2.24, 2.45) is 0 Å². The molecule has 0 aromatic heterocycles. The van der Waals surface area contributed by atoms with Crippen molar-refractivity contribution in [1.29, 1.82) is 0 Å². The number of benzene rings is 1. The van der Waals surface area contributed by atoms with Gasteiger partial charge in [0.15, 0.2) is 0 Å². The van der Waals surface area contributed by atoms with Gasteiger partial charge in [-0.25, -0.2) is 6.14 Å². The van der Waals surface area contributed by atoms with E-state index in [1.165, 1.54) is 5.32 Å². The molecule has 2 amide bonds. The Kier molecular flexibility index (Phi) is 5.38. The highest BCUT2D eigenvalue weighted by Gasteiger charge is 2.42. The molecular formula is C11H6F6INO4. The van der Waals surface area contributed by atoms with Crippen LogP contribution in [0.2, 0.25) is 0 Å². The molecule has 1 N–H and O–H groups in total. The summed E-state index contributed by atoms with van der Waals surface area (Å²) in [6, 6.07) is -0.427. The molecule has 0 radical (unpaired) electrons. The van der Waals surface area contributed by atoms with Crippen LogP contribution in [-0.2, 0) is 23.3 Å². The van der Waals surface area contributed by atoms with E-state index in [1.54, 1.807) is 0 Å². The number of carbonyl (C=O) groups is 2. The summed E-state index contributed by atoms with van der Waals surface area (Å²) in [5, 5.41) is 1.45. The number of hydrogen-bond acceptors (Lipinski definition) is 4. The fourth-order valence-electron chi connectivity index (χ4n) is 1.55. The minimum Gasteiger partial charge on any atom is -0.293 e. The number of hydrogen-bond donors (Lipinski definition) is 1. The average molecular weight is 457 g/mol. The molecule has 0 aliphatic heterocycles. The van der Waals surface area contributed by atoms with E-state index in [0.29, 0.717) is 0 Å². The second-order valence-corrected chi connectivity index (χ2v) is 6.43. The Morgan fingerprint density at radius 3 is 1.87 bits per heavy atom. The molecule has 0 heterocycles. The predicted molar refractivity (Wildman–Crippen MR) is 68.7 cm³/mol. The molecular weight excluding hydrogens is 451 g/mol. The molecule has 0 aliphatic carbocycles. The van der Waals surface area contributed by atoms with Crippen molar-refractivity contribution in [1.82, 2.24) is 5.32 Å². The van der Waals surface area contributed by atoms with Crippen LogP contribution in [0.25, 0.3) is 0 Å². The Morgan fingerprint density at radius 1 is 1.00 bits per heavy atom. The Hall–Kier alpha value is -1.73. The van der Waals surface area contributed by atoms with Gasteiger partial charge in [0.2, 0.25) is 5.91 Å². The normalized spacial score (nSPS) is 12.3. The third-order valence-corrected chi connectivity index (χ3v) is 4.44. The number of alkyl halides is 6. The molecule has 0 fully saturated rings. The SMILES string of the molecule is CC(=O)NC(=O)c1cc(C(F)(F)F)cc(C(F)(F)F)c1I(=O)=O. The summed E-state index contributed by atoms with van der Waals surface area (Å²) in [4.78, 5) is 22.4. The number of carbonyl (C=O) groups excluding carboxylic acids is 2. The summed E-state index contributed by atoms with van der Waals surface area (Å²) in [6.45, 7) is 0.778. The summed E-state index contributed by atoms with van der Waals surface area (Å²) in [7, 11) is 0. The van der Waals surface area contributed by atoms with Crippen molar-refractivity contribution < 1.29 is 42.1 Å². The van der Waals surface area contributed by atoms with Crippen molar-refractivity contribution >= 4 is 31.6 Å². The Bertz CT molecular complexity index is 727. The topological polar surface area (TPSA) is 80.3 Å². The molecule has 1 rings (SSSR count). The van der Waals surface area contributed by atoms with E-state index in [0.717, 1.165) is 6.92 Å². The van der Waals surface area contributed by atoms with E-state index in [1.807, 2.05) is 0 Å². The largest absolute Gasteiger partial charge is 0.417 e. The maximum atomic E-state index is 12.9. The van der Waals surface area contributed by atoms with E-state index < -0.39 is 64.2 Å². The lowest BCUT2D eigenvalue weighted by Gasteiger charge is -2.16. The highest BCUT2D eigenvalue weighted by atomic mass is 127. The van der Waals surface area contributed by atoms with Gasteiger partial charge in [-0.3, -0.25) is 14.9 Å². The summed E-state index contributed by atoms with van der Waals surface area (Å²) >= 11 is -5.03. The van der Waals surface area contributed by atoms with Crippen LogP contribution in [-0.4, -0.2) is 11.8 Å². The molecule has 0 saturated heterocycles. The first-order valence-corrected chi connectivity index (χ1v) is 8.28. The monoisotopic (exact) mass is 457 g/mol. The van der Waals surface area contributed by atoms with E-state index in [-0.39, 0.29) is 12.1 Å². The molecule has 0 spiro atoms. The molecule has 12 heteroatoms. The first-order chi connectivity index (χ1) is 10.2. The van der Waals surface area contributed by atoms with Crippen LogP contribution in [0.15, 0.2) is 12.1 Å². The van der Waals surface area contributed by atoms with Crippen LogP contribution in [0.4, 0.5) is 26.3 Å². The van der Waals surface area contributed by atoms with E-state index >= 15 is 0 Å². The Balaban J connectivity index is 3.84. The van der Waals surface area contributed by atoms with Gasteiger partial charge in [0, 0.05) is 6.92 Å². The van der Waals surface area contributed by atoms with Crippen LogP contribution in [0.5, 0.6) is 0 Å². The fraction of sp³-hybridized carbons (Fsp3) is 0.273. The molecule has 23 heavy (non-hydrogen) atoms. The van der Waals surface area contributed by atoms with Crippen molar-refractivity contribution in [3.63, 3.8) is 0 Å². The predicted octanol–water partition coefficient (Wildman–Crippen LogP) is 3.37. The van der Waals surface area contributed by atoms with Crippen molar-refractivity contribution in [3.8, 4) is 0 Å². The first kappa shape index (κ1) is 19.3. The number of rotatable bonds is 2. The van der Waals surface area contributed by atoms with Crippen molar-refractivity contribution in [2.75, 3.05) is 0 Å². The van der Waals surface area contributed by atoms with Crippen LogP contribution in [0.1, 0.15) is 28.4 Å². The van der Waals surface area contributed by atoms with E-state index in [9.17, 15) is 42.1 Å². The summed E-state index contributed by atoms with van der Waals surface area (Å²) in [5.41, 5.74) is -5.34. The summed E-state index contributed by atoms with van der Waals surface area (Å²) in [5.74, 6) is -2.75. The third kappa shape index (κ3) is 4.62. The minimum absolute atomic E-state index is 0.0386. The van der Waals surface area contributed by atoms with Crippen LogP contribution in [0, 0.1) is 3.57 Å². The van der Waals surface area contributed by atoms with Gasteiger partial charge in [0.05, 0.1) is 16.7 Å². The number of halogens is 7. The maximum Gasteiger partial charge on any atom is 0.417 e. The zero-order chi connectivity index (χ0) is 18.2. The van der Waals surface area contributed by atoms with E-state index in [2.05, 4.69) is 0 Å². The summed E-state index contributed by atoms with van der Waals surface area (Å²) < 4.78 is 97.3. The van der Waals surface area contributed by atoms with Crippen LogP contribution in [0.3, 0.4) is 0 Å². The van der Waals surface area contributed by atoms with Gasteiger partial charge in [0.25, 0.3) is 5.91 Å². The Labute approximate surface area is 131 Å². The van der Waals surface area contributed by atoms with Crippen molar-refractivity contribution in [3.05, 3.63) is 32.4 Å². The number of nitrogens with one attached hydrogen (secondary N) is 1. The highest BCUT2D eigenvalue weighted by molar-refractivity contribution is 14.2. The lowest BCUT2D eigenvalue weighted by atomic mass is 10.0. The van der Waals surface area contributed by atoms with Gasteiger partial charge in [-0.2, -0.15) is 26.3 Å². The average Bonchev–Trinajstić information content (AvgIpc) is 2.33. The van der Waals surface area contributed by atoms with Crippen LogP contribution < -0.4 is 5.32 Å². The number of imide groups is 1. The standard InChI is InChI=1S/C11H6F6INO4/c1-4(20)19-9(21)6-2-5(10(12,13)14)3-7(11(15,16)17)8(6)18(22)23/h2-3H,1H3,(H,19,20,21). The zero-order valence-electron chi connectivity index (χ0n) is 10.9. The molecule has 0 aliphatic rings. The first-order valence-electron chi connectivity index (χ1n) is 5.44. The molecule has 0 atom stereocenters. The second-order valence-electron chi connectivity index (χ2n) is 4.11. The van der Waals surface area contributed by atoms with Crippen LogP contribution >= 0.6 is 19.8 Å². The molecule has 128 valence electrons. The fourth-order valence-corrected chi connectivity index (χ4v) is 3.36. The van der Waals surface area contributed by atoms with Gasteiger partial charge in [-0.1, -0.05) is 0 Å². The third-order valence-electron chi connectivity index (χ3n) is 2.39. The quantitative estimate of drug-likeness (QED) is 0.546. The minimum atomic E-state index is -5.44. The molecule has 0 bridgehead atoms. The second kappa shape index (κ2) is 6.41. The number of amides is 2. The molecule has 1 aromatic carbocycles. The lowest BCUT2D eigenvalue weighted by Crippen LogP contribution is -2.30. The van der Waals surface area contributed by atoms with Gasteiger partial charge < -0.3 is 0 Å². The van der Waals surface area contributed by atoms with Gasteiger partial charge >= 0.3 is 32.1 Å². The highest BCUT2D eigenvalue weighted by Crippen LogP contribution is 2.41. The Morgan fingerprint density at radius 2 is 1.52 bits per heavy atom.